The molecule has 1 saturated carbocycles. The van der Waals surface area contributed by atoms with Crippen molar-refractivity contribution in [2.45, 2.75) is 44.6 Å². The van der Waals surface area contributed by atoms with Crippen molar-refractivity contribution in [3.8, 4) is 0 Å². The molecule has 0 aromatic heterocycles. The molecule has 1 amide bonds. The largest absolute Gasteiger partial charge is 3.00 e. The van der Waals surface area contributed by atoms with Crippen LogP contribution in [-0.4, -0.2) is 35.6 Å². The van der Waals surface area contributed by atoms with Gasteiger partial charge in [0.05, 0.1) is 6.10 Å². The zero-order valence-electron chi connectivity index (χ0n) is 10.2. The molecule has 0 radical (unpaired) electrons. The van der Waals surface area contributed by atoms with Crippen LogP contribution in [0.3, 0.4) is 0 Å². The molecule has 2 aliphatic rings. The van der Waals surface area contributed by atoms with Crippen LogP contribution in [0.2, 0.25) is 0 Å². The van der Waals surface area contributed by atoms with Crippen LogP contribution in [0.5, 0.6) is 0 Å². The molecule has 1 atom stereocenters. The molecular formula is C12H22NO2Y. The monoisotopic (exact) mass is 301 g/mol. The van der Waals surface area contributed by atoms with Crippen molar-refractivity contribution >= 4 is 6.41 Å². The summed E-state index contributed by atoms with van der Waals surface area (Å²) in [5.74, 6) is 0. The third-order valence-electron chi connectivity index (χ3n) is 2.61. The van der Waals surface area contributed by atoms with Gasteiger partial charge in [-0.2, -0.15) is 19.3 Å². The van der Waals surface area contributed by atoms with Gasteiger partial charge in [-0.05, 0) is 13.0 Å². The van der Waals surface area contributed by atoms with Crippen molar-refractivity contribution in [3.05, 3.63) is 13.8 Å². The minimum Gasteiger partial charge on any atom is -0.520 e. The van der Waals surface area contributed by atoms with Crippen LogP contribution in [0.1, 0.15) is 38.5 Å². The van der Waals surface area contributed by atoms with Crippen molar-refractivity contribution < 1.29 is 42.6 Å². The first-order valence-corrected chi connectivity index (χ1v) is 5.45. The topological polar surface area (TPSA) is 40.5 Å². The summed E-state index contributed by atoms with van der Waals surface area (Å²) in [5, 5.41) is 8.81. The normalized spacial score (nSPS) is 23.3. The molecule has 0 aromatic rings. The van der Waals surface area contributed by atoms with Gasteiger partial charge in [0, 0.05) is 6.54 Å². The Labute approximate surface area is 125 Å². The third-order valence-corrected chi connectivity index (χ3v) is 2.61. The number of likely N-dealkylation sites (tertiary alicyclic amines) is 1. The number of rotatable bonds is 1. The maximum absolute atomic E-state index is 9.84. The van der Waals surface area contributed by atoms with Gasteiger partial charge in [-0.1, -0.05) is 19.3 Å². The van der Waals surface area contributed by atoms with Crippen molar-refractivity contribution in [3.63, 3.8) is 0 Å². The van der Waals surface area contributed by atoms with Gasteiger partial charge in [0.25, 0.3) is 0 Å². The van der Waals surface area contributed by atoms with Crippen LogP contribution in [0, 0.1) is 13.8 Å². The first kappa shape index (κ1) is 18.9. The number of aliphatic hydroxyl groups excluding tert-OH is 1. The Bertz CT molecular complexity index is 152. The molecule has 4 heteroatoms. The Balaban J connectivity index is 0. The van der Waals surface area contributed by atoms with E-state index in [2.05, 4.69) is 6.42 Å². The van der Waals surface area contributed by atoms with Gasteiger partial charge in [0.2, 0.25) is 0 Å². The molecule has 1 heterocycles. The standard InChI is InChI=1S/C6H11.C5H8NO2.CH3.Y/c1-2-4-6-5-3-1;7-4-6-2-1-5(8)3-6;;/h1H,2-6H2;5,8H,1-3H2;1H3;/q3*-1;+3. The van der Waals surface area contributed by atoms with E-state index in [1.165, 1.54) is 37.0 Å². The molecule has 1 saturated heterocycles. The molecule has 3 nitrogen and oxygen atoms in total. The molecule has 1 unspecified atom stereocenters. The van der Waals surface area contributed by atoms with E-state index < -0.39 is 0 Å². The van der Waals surface area contributed by atoms with Crippen LogP contribution in [0.25, 0.3) is 0 Å². The summed E-state index contributed by atoms with van der Waals surface area (Å²) in [6.45, 7) is 1.12. The van der Waals surface area contributed by atoms with Gasteiger partial charge in [-0.15, -0.1) is 0 Å². The van der Waals surface area contributed by atoms with E-state index in [1.54, 1.807) is 6.41 Å². The fraction of sp³-hybridized carbons (Fsp3) is 0.750. The quantitative estimate of drug-likeness (QED) is 0.749. The van der Waals surface area contributed by atoms with Gasteiger partial charge in [-0.3, -0.25) is 0 Å². The van der Waals surface area contributed by atoms with E-state index in [4.69, 9.17) is 5.11 Å². The minimum atomic E-state index is -0.309. The van der Waals surface area contributed by atoms with Gasteiger partial charge >= 0.3 is 32.7 Å². The van der Waals surface area contributed by atoms with Gasteiger partial charge in [0.1, 0.15) is 0 Å². The Morgan fingerprint density at radius 2 is 1.88 bits per heavy atom. The van der Waals surface area contributed by atoms with Crippen molar-refractivity contribution in [1.29, 1.82) is 0 Å². The maximum atomic E-state index is 9.84. The molecule has 16 heavy (non-hydrogen) atoms. The number of hydrogen-bond donors (Lipinski definition) is 1. The summed E-state index contributed by atoms with van der Waals surface area (Å²) < 4.78 is 0. The second-order valence-corrected chi connectivity index (χ2v) is 3.91. The number of carbonyl (C=O) groups excluding carboxylic acids is 1. The first-order valence-electron chi connectivity index (χ1n) is 5.45. The predicted octanol–water partition coefficient (Wildman–Crippen LogP) is 1.72. The minimum absolute atomic E-state index is 0. The van der Waals surface area contributed by atoms with E-state index >= 15 is 0 Å². The second kappa shape index (κ2) is 12.0. The molecule has 0 aromatic carbocycles. The molecule has 1 aliphatic carbocycles. The Morgan fingerprint density at radius 1 is 1.25 bits per heavy atom. The number of β-amino-alcohol motifs (C(OH)–C–C–N with tert-alkyl or cyclic N) is 1. The smallest absolute Gasteiger partial charge is 0.520 e. The van der Waals surface area contributed by atoms with Crippen molar-refractivity contribution in [2.24, 2.45) is 0 Å². The zero-order chi connectivity index (χ0) is 10.2. The van der Waals surface area contributed by atoms with Gasteiger partial charge in [-0.25, -0.2) is 0 Å². The summed E-state index contributed by atoms with van der Waals surface area (Å²) in [6, 6.07) is 0. The average Bonchev–Trinajstić information content (AvgIpc) is 2.68. The van der Waals surface area contributed by atoms with Crippen LogP contribution in [-0.2, 0) is 37.5 Å². The Morgan fingerprint density at radius 3 is 2.06 bits per heavy atom. The molecule has 1 N–H and O–H groups in total. The van der Waals surface area contributed by atoms with Crippen LogP contribution >= 0.6 is 0 Å². The fourth-order valence-corrected chi connectivity index (χ4v) is 1.72. The molecule has 0 spiro atoms. The molecule has 90 valence electrons. The summed E-state index contributed by atoms with van der Waals surface area (Å²) >= 11 is 0. The number of nitrogens with zero attached hydrogens (tertiary/aromatic N) is 1. The molecule has 0 bridgehead atoms. The predicted molar refractivity (Wildman–Crippen MR) is 61.7 cm³/mol. The van der Waals surface area contributed by atoms with E-state index in [0.717, 1.165) is 0 Å². The van der Waals surface area contributed by atoms with E-state index in [9.17, 15) is 4.79 Å². The Hall–Kier alpha value is 0.534. The molecule has 2 fully saturated rings. The Kier molecular flexibility index (Phi) is 14.2. The molecule has 2 rings (SSSR count). The maximum Gasteiger partial charge on any atom is 3.00 e. The SMILES string of the molecule is O=[C-]N1CCC(O)C1.[CH-]1CCCCC1.[CH3-].[Y+3]. The average molecular weight is 301 g/mol. The number of amides is 1. The third kappa shape index (κ3) is 8.66. The summed E-state index contributed by atoms with van der Waals surface area (Å²) in [4.78, 5) is 11.3. The van der Waals surface area contributed by atoms with Crippen LogP contribution in [0.4, 0.5) is 0 Å². The van der Waals surface area contributed by atoms with Crippen LogP contribution in [0.15, 0.2) is 0 Å². The summed E-state index contributed by atoms with van der Waals surface area (Å²) in [5.41, 5.74) is 0. The molecule has 1 aliphatic heterocycles. The van der Waals surface area contributed by atoms with Crippen molar-refractivity contribution in [1.82, 2.24) is 4.90 Å². The zero-order valence-corrected chi connectivity index (χ0v) is 13.0. The van der Waals surface area contributed by atoms with E-state index in [1.807, 2.05) is 0 Å². The fourth-order valence-electron chi connectivity index (χ4n) is 1.72. The second-order valence-electron chi connectivity index (χ2n) is 3.91. The first-order chi connectivity index (χ1) is 6.83. The van der Waals surface area contributed by atoms with E-state index in [-0.39, 0.29) is 46.2 Å². The van der Waals surface area contributed by atoms with E-state index in [0.29, 0.717) is 19.5 Å². The van der Waals surface area contributed by atoms with Gasteiger partial charge < -0.3 is 28.6 Å². The number of aliphatic hydroxyl groups is 1. The summed E-state index contributed by atoms with van der Waals surface area (Å²) in [6.07, 6.45) is 11.6. The van der Waals surface area contributed by atoms with Gasteiger partial charge in [0.15, 0.2) is 0 Å². The molecular weight excluding hydrogens is 279 g/mol. The van der Waals surface area contributed by atoms with Crippen molar-refractivity contribution in [2.75, 3.05) is 13.1 Å². The number of hydrogen-bond acceptors (Lipinski definition) is 2. The summed E-state index contributed by atoms with van der Waals surface area (Å²) in [7, 11) is 0. The van der Waals surface area contributed by atoms with Crippen LogP contribution < -0.4 is 0 Å².